The predicted octanol–water partition coefficient (Wildman–Crippen LogP) is 5.28. The van der Waals surface area contributed by atoms with Crippen LogP contribution in [0.3, 0.4) is 0 Å². The number of β-amino-alcohol motifs (C(OH)–C–C–N with tert-alkyl or cyclic N) is 1. The van der Waals surface area contributed by atoms with Crippen molar-refractivity contribution in [3.8, 4) is 23.3 Å². The number of aliphatic hydroxyl groups is 1. The van der Waals surface area contributed by atoms with Crippen LogP contribution in [0.1, 0.15) is 60.1 Å². The molecule has 1 saturated heterocycles. The molecule has 1 spiro atoms. The lowest BCUT2D eigenvalue weighted by atomic mass is 9.51. The van der Waals surface area contributed by atoms with Crippen molar-refractivity contribution < 1.29 is 37.3 Å². The van der Waals surface area contributed by atoms with Crippen LogP contribution >= 0.6 is 0 Å². The summed E-state index contributed by atoms with van der Waals surface area (Å²) in [6.45, 7) is 2.58. The zero-order chi connectivity index (χ0) is 33.1. The quantitative estimate of drug-likeness (QED) is 0.231. The third kappa shape index (κ3) is 5.35. The number of piperidine rings is 1. The highest BCUT2D eigenvalue weighted by Gasteiger charge is 2.66. The highest BCUT2D eigenvalue weighted by Crippen LogP contribution is 2.64. The van der Waals surface area contributed by atoms with Crippen molar-refractivity contribution in [1.29, 1.82) is 0 Å². The summed E-state index contributed by atoms with van der Waals surface area (Å²) < 4.78 is 51.4. The van der Waals surface area contributed by atoms with Crippen molar-refractivity contribution in [3.63, 3.8) is 0 Å². The summed E-state index contributed by atoms with van der Waals surface area (Å²) in [7, 11) is 1.69. The Hall–Kier alpha value is -4.33. The van der Waals surface area contributed by atoms with Gasteiger partial charge in [0.2, 0.25) is 0 Å². The Morgan fingerprint density at radius 3 is 2.55 bits per heavy atom. The fraction of sp³-hybridized carbons (Fsp3) is 0.405. The number of nitrogens with zero attached hydrogens (tertiary/aromatic N) is 2. The number of benzene rings is 3. The summed E-state index contributed by atoms with van der Waals surface area (Å²) in [6, 6.07) is 17.7. The molecule has 1 unspecified atom stereocenters. The molecule has 2 aliphatic heterocycles. The molecule has 2 aliphatic carbocycles. The van der Waals surface area contributed by atoms with Gasteiger partial charge in [-0.15, -0.1) is 0 Å². The molecule has 2 heterocycles. The Kier molecular flexibility index (Phi) is 7.80. The average Bonchev–Trinajstić information content (AvgIpc) is 3.40. The summed E-state index contributed by atoms with van der Waals surface area (Å²) in [5.74, 6) is 5.55. The van der Waals surface area contributed by atoms with Gasteiger partial charge >= 0.3 is 12.1 Å². The number of rotatable bonds is 5. The summed E-state index contributed by atoms with van der Waals surface area (Å²) >= 11 is 0. The van der Waals surface area contributed by atoms with E-state index in [0.717, 1.165) is 54.6 Å². The lowest BCUT2D eigenvalue weighted by molar-refractivity contribution is -0.137. The summed E-state index contributed by atoms with van der Waals surface area (Å²) in [4.78, 5) is 29.5. The monoisotopic (exact) mass is 644 g/mol. The molecule has 0 aromatic heterocycles. The Morgan fingerprint density at radius 1 is 1.11 bits per heavy atom. The Morgan fingerprint density at radius 2 is 1.85 bits per heavy atom. The molecule has 47 heavy (non-hydrogen) atoms. The maximum Gasteiger partial charge on any atom is 0.416 e. The molecule has 4 aliphatic rings. The van der Waals surface area contributed by atoms with E-state index in [1.54, 1.807) is 18.0 Å². The zero-order valence-corrected chi connectivity index (χ0v) is 26.1. The molecule has 10 heteroatoms. The van der Waals surface area contributed by atoms with Crippen LogP contribution in [0.4, 0.5) is 13.2 Å². The van der Waals surface area contributed by atoms with E-state index in [-0.39, 0.29) is 18.0 Å². The van der Waals surface area contributed by atoms with Crippen LogP contribution in [0.2, 0.25) is 0 Å². The lowest BCUT2D eigenvalue weighted by Crippen LogP contribution is -2.69. The second kappa shape index (κ2) is 11.7. The van der Waals surface area contributed by atoms with E-state index >= 15 is 0 Å². The molecule has 1 amide bonds. The first-order chi connectivity index (χ1) is 22.5. The van der Waals surface area contributed by atoms with Crippen molar-refractivity contribution in [1.82, 2.24) is 9.80 Å². The van der Waals surface area contributed by atoms with Gasteiger partial charge in [0.1, 0.15) is 6.10 Å². The number of esters is 1. The fourth-order valence-electron chi connectivity index (χ4n) is 8.56. The van der Waals surface area contributed by atoms with Crippen molar-refractivity contribution >= 4 is 11.9 Å². The predicted molar refractivity (Wildman–Crippen MR) is 167 cm³/mol. The molecule has 0 radical (unpaired) electrons. The minimum Gasteiger partial charge on any atom is -0.483 e. The number of amides is 1. The molecule has 1 N–H and O–H groups in total. The van der Waals surface area contributed by atoms with Crippen molar-refractivity contribution in [2.24, 2.45) is 5.92 Å². The lowest BCUT2D eigenvalue weighted by Gasteiger charge is -2.60. The van der Waals surface area contributed by atoms with Gasteiger partial charge < -0.3 is 19.5 Å². The first-order valence-corrected chi connectivity index (χ1v) is 15.9. The maximum absolute atomic E-state index is 13.5. The fourth-order valence-corrected chi connectivity index (χ4v) is 8.56. The Balaban J connectivity index is 1.20. The second-order valence-electron chi connectivity index (χ2n) is 13.0. The molecule has 7 nitrogen and oxygen atoms in total. The summed E-state index contributed by atoms with van der Waals surface area (Å²) in [5.41, 5.74) is 2.15. The number of likely N-dealkylation sites (tertiary alicyclic amines) is 1. The van der Waals surface area contributed by atoms with E-state index in [4.69, 9.17) is 9.47 Å². The zero-order valence-electron chi connectivity index (χ0n) is 26.1. The molecular formula is C37H35F3N2O5. The van der Waals surface area contributed by atoms with Crippen molar-refractivity contribution in [3.05, 3.63) is 94.5 Å². The smallest absolute Gasteiger partial charge is 0.416 e. The van der Waals surface area contributed by atoms with Gasteiger partial charge in [0.15, 0.2) is 11.5 Å². The van der Waals surface area contributed by atoms with Crippen LogP contribution < -0.4 is 9.47 Å². The van der Waals surface area contributed by atoms with Gasteiger partial charge in [0, 0.05) is 49.0 Å². The van der Waals surface area contributed by atoms with E-state index in [1.807, 2.05) is 36.4 Å². The van der Waals surface area contributed by atoms with Gasteiger partial charge in [0.05, 0.1) is 17.7 Å². The van der Waals surface area contributed by atoms with Crippen LogP contribution in [-0.4, -0.2) is 65.1 Å². The summed E-state index contributed by atoms with van der Waals surface area (Å²) in [5, 5.41) is 11.2. The number of hydrogen-bond donors (Lipinski definition) is 1. The molecular weight excluding hydrogens is 609 g/mol. The molecule has 3 aromatic carbocycles. The number of likely N-dealkylation sites (N-methyl/N-ethyl adjacent to an activating group) is 1. The van der Waals surface area contributed by atoms with Gasteiger partial charge in [-0.2, -0.15) is 13.2 Å². The Labute approximate surface area is 271 Å². The number of carbonyl (C=O) groups excluding carboxylic acids is 2. The van der Waals surface area contributed by atoms with Gasteiger partial charge in [-0.3, -0.25) is 14.5 Å². The van der Waals surface area contributed by atoms with E-state index in [0.29, 0.717) is 30.0 Å². The molecule has 2 bridgehead atoms. The number of alkyl halides is 3. The first-order valence-electron chi connectivity index (χ1n) is 15.9. The third-order valence-electron chi connectivity index (χ3n) is 10.6. The van der Waals surface area contributed by atoms with E-state index in [9.17, 15) is 27.9 Å². The summed E-state index contributed by atoms with van der Waals surface area (Å²) in [6.07, 6.45) is -2.54. The topological polar surface area (TPSA) is 79.3 Å². The van der Waals surface area contributed by atoms with Crippen molar-refractivity contribution in [2.75, 3.05) is 20.1 Å². The van der Waals surface area contributed by atoms with Crippen LogP contribution in [0.5, 0.6) is 11.5 Å². The third-order valence-corrected chi connectivity index (χ3v) is 10.6. The highest BCUT2D eigenvalue weighted by atomic mass is 19.4. The molecule has 1 saturated carbocycles. The van der Waals surface area contributed by atoms with Crippen LogP contribution in [0, 0.1) is 17.8 Å². The normalized spacial score (nSPS) is 26.3. The molecule has 3 aromatic rings. The van der Waals surface area contributed by atoms with Gasteiger partial charge in [-0.05, 0) is 79.6 Å². The van der Waals surface area contributed by atoms with Gasteiger partial charge in [-0.25, -0.2) is 0 Å². The van der Waals surface area contributed by atoms with E-state index in [2.05, 4.69) is 16.7 Å². The molecule has 6 atom stereocenters. The van der Waals surface area contributed by atoms with Crippen LogP contribution in [0.15, 0.2) is 66.7 Å². The van der Waals surface area contributed by atoms with Gasteiger partial charge in [0.25, 0.3) is 5.91 Å². The van der Waals surface area contributed by atoms with Crippen LogP contribution in [0.25, 0.3) is 0 Å². The molecule has 244 valence electrons. The Bertz CT molecular complexity index is 1770. The maximum atomic E-state index is 13.5. The minimum absolute atomic E-state index is 0.146. The van der Waals surface area contributed by atoms with Crippen molar-refractivity contribution in [2.45, 2.75) is 68.5 Å². The van der Waals surface area contributed by atoms with E-state index in [1.165, 1.54) is 19.1 Å². The first kappa shape index (κ1) is 31.3. The van der Waals surface area contributed by atoms with Gasteiger partial charge in [-0.1, -0.05) is 42.3 Å². The van der Waals surface area contributed by atoms with Crippen LogP contribution in [-0.2, 0) is 27.6 Å². The molecule has 7 rings (SSSR count). The highest BCUT2D eigenvalue weighted by molar-refractivity contribution is 5.94. The average molecular weight is 645 g/mol. The molecule has 2 fully saturated rings. The number of halogens is 3. The number of ether oxygens (including phenoxy) is 2. The minimum atomic E-state index is -4.45. The number of aliphatic hydroxyl groups excluding tert-OH is 1. The van der Waals surface area contributed by atoms with E-state index < -0.39 is 41.2 Å². The SMILES string of the molecule is CC(=O)Oc1ccc2c3c1O[C@H]1[C@H](N(C)C(=O)C#Cc4ccc(C(F)(F)F)cc4)CC[C@H]4[C@@H](C2)N(CC(O)c2ccccc2)CC[C@@]341. The second-order valence-corrected chi connectivity index (χ2v) is 13.0. The largest absolute Gasteiger partial charge is 0.483 e. The number of carbonyl (C=O) groups is 2. The standard InChI is InChI=1S/C37H35F3N2O5/c1-22(43)46-31-16-11-25-20-29-27-14-15-28(41(2)32(45)17-10-23-8-12-26(13-9-23)37(38,39)40)35-36(27,33(25)34(31)47-35)18-19-42(29)21-30(44)24-6-4-3-5-7-24/h3-9,11-13,16,27-30,35,44H,14-15,18-21H2,1-2H3/t27-,28+,29+,30?,35-,36-/m0/s1. The number of hydrogen-bond acceptors (Lipinski definition) is 6.